The molecule has 0 radical (unpaired) electrons. The summed E-state index contributed by atoms with van der Waals surface area (Å²) in [5.74, 6) is -5.38. The molecule has 0 saturated heterocycles. The van der Waals surface area contributed by atoms with Gasteiger partial charge in [0.15, 0.2) is 17.4 Å². The van der Waals surface area contributed by atoms with E-state index < -0.39 is 41.2 Å². The molecule has 2 aromatic carbocycles. The minimum absolute atomic E-state index is 0.0352. The highest BCUT2D eigenvalue weighted by atomic mass is 79.9. The van der Waals surface area contributed by atoms with Crippen LogP contribution in [0, 0.1) is 11.6 Å². The van der Waals surface area contributed by atoms with Crippen molar-refractivity contribution in [1.82, 2.24) is 0 Å². The van der Waals surface area contributed by atoms with E-state index in [-0.39, 0.29) is 22.4 Å². The molecule has 0 aliphatic heterocycles. The lowest BCUT2D eigenvalue weighted by atomic mass is 10.2. The van der Waals surface area contributed by atoms with Crippen LogP contribution in [-0.4, -0.2) is 6.36 Å². The molecule has 0 heterocycles. The van der Waals surface area contributed by atoms with Crippen LogP contribution in [0.4, 0.5) is 35.1 Å². The van der Waals surface area contributed by atoms with Crippen LogP contribution in [-0.2, 0) is 6.18 Å². The number of halogens is 9. The number of hydrogen-bond acceptors (Lipinski definition) is 2. The predicted molar refractivity (Wildman–Crippen MR) is 72.3 cm³/mol. The Balaban J connectivity index is 2.31. The maximum absolute atomic E-state index is 13.7. The second-order valence-electron chi connectivity index (χ2n) is 4.51. The average Bonchev–Trinajstić information content (AvgIpc) is 2.41. The Morgan fingerprint density at radius 3 is 1.84 bits per heavy atom. The van der Waals surface area contributed by atoms with Gasteiger partial charge in [-0.25, -0.2) is 8.78 Å². The molecule has 136 valence electrons. The van der Waals surface area contributed by atoms with E-state index in [1.807, 2.05) is 0 Å². The normalized spacial score (nSPS) is 12.2. The van der Waals surface area contributed by atoms with Gasteiger partial charge in [-0.2, -0.15) is 13.2 Å². The van der Waals surface area contributed by atoms with Crippen LogP contribution in [0.3, 0.4) is 0 Å². The minimum atomic E-state index is -4.96. The van der Waals surface area contributed by atoms with Gasteiger partial charge in [0.2, 0.25) is 0 Å². The Kier molecular flexibility index (Phi) is 5.17. The van der Waals surface area contributed by atoms with Crippen LogP contribution < -0.4 is 9.47 Å². The number of rotatable bonds is 3. The lowest BCUT2D eigenvalue weighted by Crippen LogP contribution is -2.17. The van der Waals surface area contributed by atoms with Crippen molar-refractivity contribution in [1.29, 1.82) is 0 Å². The third-order valence-electron chi connectivity index (χ3n) is 2.67. The smallest absolute Gasteiger partial charge is 0.450 e. The van der Waals surface area contributed by atoms with Gasteiger partial charge in [0.05, 0.1) is 10.0 Å². The number of benzene rings is 2. The molecule has 11 heteroatoms. The molecule has 0 N–H and O–H groups in total. The molecule has 25 heavy (non-hydrogen) atoms. The van der Waals surface area contributed by atoms with E-state index in [4.69, 9.17) is 4.74 Å². The Morgan fingerprint density at radius 2 is 1.40 bits per heavy atom. The summed E-state index contributed by atoms with van der Waals surface area (Å²) in [4.78, 5) is 0. The van der Waals surface area contributed by atoms with E-state index in [1.54, 1.807) is 0 Å². The molecule has 0 saturated carbocycles. The first kappa shape index (κ1) is 19.3. The summed E-state index contributed by atoms with van der Waals surface area (Å²) < 4.78 is 109. The molecule has 0 aliphatic carbocycles. The fourth-order valence-corrected chi connectivity index (χ4v) is 2.13. The first-order valence-electron chi connectivity index (χ1n) is 6.16. The van der Waals surface area contributed by atoms with Crippen LogP contribution in [0.1, 0.15) is 5.56 Å². The zero-order valence-electron chi connectivity index (χ0n) is 11.6. The summed E-state index contributed by atoms with van der Waals surface area (Å²) in [7, 11) is 0. The SMILES string of the molecule is Fc1cc(C(F)(F)F)cc(F)c1Oc1ccc(OC(F)(F)F)cc1Br. The van der Waals surface area contributed by atoms with E-state index in [2.05, 4.69) is 20.7 Å². The van der Waals surface area contributed by atoms with E-state index >= 15 is 0 Å². The zero-order valence-corrected chi connectivity index (χ0v) is 13.2. The van der Waals surface area contributed by atoms with Crippen molar-refractivity contribution in [2.24, 2.45) is 0 Å². The second kappa shape index (κ2) is 6.70. The summed E-state index contributed by atoms with van der Waals surface area (Å²) in [5, 5.41) is 0. The van der Waals surface area contributed by atoms with E-state index in [0.717, 1.165) is 18.2 Å². The summed E-state index contributed by atoms with van der Waals surface area (Å²) >= 11 is 2.81. The lowest BCUT2D eigenvalue weighted by molar-refractivity contribution is -0.274. The Bertz CT molecular complexity index is 762. The van der Waals surface area contributed by atoms with Crippen molar-refractivity contribution < 1.29 is 44.6 Å². The van der Waals surface area contributed by atoms with E-state index in [9.17, 15) is 35.1 Å². The number of alkyl halides is 6. The number of ether oxygens (including phenoxy) is 2. The summed E-state index contributed by atoms with van der Waals surface area (Å²) in [6, 6.07) is 2.57. The standard InChI is InChI=1S/C14H5BrF8O2/c15-8-5-7(25-14(21,22)23)1-2-11(8)24-12-9(16)3-6(4-10(12)17)13(18,19)20/h1-5H. The Hall–Kier alpha value is -2.04. The largest absolute Gasteiger partial charge is 0.573 e. The molecule has 0 atom stereocenters. The van der Waals surface area contributed by atoms with Gasteiger partial charge in [-0.1, -0.05) is 0 Å². The monoisotopic (exact) mass is 436 g/mol. The van der Waals surface area contributed by atoms with Crippen LogP contribution in [0.25, 0.3) is 0 Å². The van der Waals surface area contributed by atoms with Crippen LogP contribution in [0.15, 0.2) is 34.8 Å². The van der Waals surface area contributed by atoms with Crippen LogP contribution in [0.2, 0.25) is 0 Å². The van der Waals surface area contributed by atoms with Gasteiger partial charge in [0.1, 0.15) is 11.5 Å². The van der Waals surface area contributed by atoms with Crippen LogP contribution in [0.5, 0.6) is 17.2 Å². The van der Waals surface area contributed by atoms with Crippen molar-refractivity contribution in [3.05, 3.63) is 52.0 Å². The van der Waals surface area contributed by atoms with Crippen LogP contribution >= 0.6 is 15.9 Å². The van der Waals surface area contributed by atoms with E-state index in [1.165, 1.54) is 0 Å². The Labute approximate surface area is 143 Å². The third-order valence-corrected chi connectivity index (χ3v) is 3.29. The van der Waals surface area contributed by atoms with E-state index in [0.29, 0.717) is 0 Å². The molecule has 0 aromatic heterocycles. The molecule has 0 unspecified atom stereocenters. The topological polar surface area (TPSA) is 18.5 Å². The minimum Gasteiger partial charge on any atom is -0.450 e. The molecule has 0 bridgehead atoms. The fraction of sp³-hybridized carbons (Fsp3) is 0.143. The average molecular weight is 437 g/mol. The van der Waals surface area contributed by atoms with Gasteiger partial charge in [0.25, 0.3) is 0 Å². The molecule has 0 aliphatic rings. The van der Waals surface area contributed by atoms with Crippen molar-refractivity contribution in [2.75, 3.05) is 0 Å². The molecular weight excluding hydrogens is 432 g/mol. The van der Waals surface area contributed by atoms with Gasteiger partial charge < -0.3 is 9.47 Å². The zero-order chi connectivity index (χ0) is 19.0. The van der Waals surface area contributed by atoms with Gasteiger partial charge in [-0.05, 0) is 46.3 Å². The first-order chi connectivity index (χ1) is 11.4. The lowest BCUT2D eigenvalue weighted by Gasteiger charge is -2.14. The highest BCUT2D eigenvalue weighted by Gasteiger charge is 2.33. The highest BCUT2D eigenvalue weighted by molar-refractivity contribution is 9.10. The van der Waals surface area contributed by atoms with Gasteiger partial charge in [-0.3, -0.25) is 0 Å². The summed E-state index contributed by atoms with van der Waals surface area (Å²) in [6.45, 7) is 0. The third kappa shape index (κ3) is 4.97. The maximum atomic E-state index is 13.7. The van der Waals surface area contributed by atoms with Crippen molar-refractivity contribution >= 4 is 15.9 Å². The molecular formula is C14H5BrF8O2. The quantitative estimate of drug-likeness (QED) is 0.515. The molecule has 2 aromatic rings. The summed E-state index contributed by atoms with van der Waals surface area (Å²) in [6.07, 6.45) is -9.91. The van der Waals surface area contributed by atoms with Gasteiger partial charge >= 0.3 is 12.5 Å². The van der Waals surface area contributed by atoms with Crippen molar-refractivity contribution in [3.63, 3.8) is 0 Å². The molecule has 0 fully saturated rings. The van der Waals surface area contributed by atoms with Crippen molar-refractivity contribution in [3.8, 4) is 17.2 Å². The first-order valence-corrected chi connectivity index (χ1v) is 6.95. The molecule has 0 spiro atoms. The molecule has 2 rings (SSSR count). The van der Waals surface area contributed by atoms with Gasteiger partial charge in [0, 0.05) is 0 Å². The fourth-order valence-electron chi connectivity index (χ4n) is 1.69. The maximum Gasteiger partial charge on any atom is 0.573 e. The van der Waals surface area contributed by atoms with Gasteiger partial charge in [-0.15, -0.1) is 13.2 Å². The summed E-state index contributed by atoms with van der Waals surface area (Å²) in [5.41, 5.74) is -1.55. The highest BCUT2D eigenvalue weighted by Crippen LogP contribution is 2.38. The molecule has 2 nitrogen and oxygen atoms in total. The Morgan fingerprint density at radius 1 is 0.840 bits per heavy atom. The second-order valence-corrected chi connectivity index (χ2v) is 5.36. The number of hydrogen-bond donors (Lipinski definition) is 0. The molecule has 0 amide bonds. The predicted octanol–water partition coefficient (Wildman–Crippen LogP) is 6.44. The van der Waals surface area contributed by atoms with Crippen molar-refractivity contribution in [2.45, 2.75) is 12.5 Å².